The van der Waals surface area contributed by atoms with E-state index in [9.17, 15) is 4.79 Å². The van der Waals surface area contributed by atoms with Crippen LogP contribution in [-0.2, 0) is 4.79 Å². The third-order valence-corrected chi connectivity index (χ3v) is 2.55. The lowest BCUT2D eigenvalue weighted by Gasteiger charge is -2.12. The second-order valence-corrected chi connectivity index (χ2v) is 3.64. The van der Waals surface area contributed by atoms with Crippen LogP contribution >= 0.6 is 0 Å². The number of nitrogens with zero attached hydrogens (tertiary/aromatic N) is 1. The van der Waals surface area contributed by atoms with Gasteiger partial charge >= 0.3 is 5.97 Å². The summed E-state index contributed by atoms with van der Waals surface area (Å²) in [5.74, 6) is -1.04. The Kier molecular flexibility index (Phi) is 3.16. The number of benzene rings is 1. The van der Waals surface area contributed by atoms with Crippen LogP contribution in [0.2, 0.25) is 0 Å². The Labute approximate surface area is 98.7 Å². The van der Waals surface area contributed by atoms with Crippen molar-refractivity contribution in [2.24, 2.45) is 5.73 Å². The van der Waals surface area contributed by atoms with Gasteiger partial charge in [-0.05, 0) is 28.8 Å². The fourth-order valence-corrected chi connectivity index (χ4v) is 1.70. The maximum absolute atomic E-state index is 10.9. The second-order valence-electron chi connectivity index (χ2n) is 3.64. The molecule has 0 aliphatic heterocycles. The van der Waals surface area contributed by atoms with Crippen molar-refractivity contribution in [2.75, 3.05) is 0 Å². The Morgan fingerprint density at radius 1 is 1.18 bits per heavy atom. The monoisotopic (exact) mass is 228 g/mol. The Bertz CT molecular complexity index is 526. The Morgan fingerprint density at radius 3 is 2.47 bits per heavy atom. The minimum absolute atomic E-state index is 0.603. The Balaban J connectivity index is 2.52. The predicted molar refractivity (Wildman–Crippen MR) is 64.2 cm³/mol. The van der Waals surface area contributed by atoms with Gasteiger partial charge in [0, 0.05) is 12.4 Å². The van der Waals surface area contributed by atoms with Crippen molar-refractivity contribution < 1.29 is 9.90 Å². The molecule has 0 unspecified atom stereocenters. The average Bonchev–Trinajstić information content (AvgIpc) is 2.39. The summed E-state index contributed by atoms with van der Waals surface area (Å²) in [5, 5.41) is 8.97. The summed E-state index contributed by atoms with van der Waals surface area (Å²) < 4.78 is 0. The lowest BCUT2D eigenvalue weighted by molar-refractivity contribution is -0.138. The molecule has 0 bridgehead atoms. The number of hydrogen-bond donors (Lipinski definition) is 2. The smallest absolute Gasteiger partial charge is 0.325 e. The number of rotatable bonds is 3. The van der Waals surface area contributed by atoms with Crippen LogP contribution in [0.25, 0.3) is 11.1 Å². The first-order valence-electron chi connectivity index (χ1n) is 5.18. The molecular weight excluding hydrogens is 216 g/mol. The largest absolute Gasteiger partial charge is 0.480 e. The molecule has 0 spiro atoms. The van der Waals surface area contributed by atoms with Gasteiger partial charge in [-0.2, -0.15) is 0 Å². The molecule has 1 aromatic heterocycles. The number of aliphatic carboxylic acids is 1. The summed E-state index contributed by atoms with van der Waals surface area (Å²) in [7, 11) is 0. The molecule has 4 nitrogen and oxygen atoms in total. The number of nitrogens with two attached hydrogens (primary N) is 1. The van der Waals surface area contributed by atoms with Gasteiger partial charge in [0.05, 0.1) is 0 Å². The van der Waals surface area contributed by atoms with Crippen LogP contribution in [0.1, 0.15) is 11.6 Å². The van der Waals surface area contributed by atoms with Gasteiger partial charge in [0.25, 0.3) is 0 Å². The number of carbonyl (C=O) groups is 1. The molecule has 17 heavy (non-hydrogen) atoms. The molecule has 0 saturated heterocycles. The van der Waals surface area contributed by atoms with Crippen LogP contribution in [0.3, 0.4) is 0 Å². The third kappa shape index (κ3) is 2.32. The number of aromatic nitrogens is 1. The quantitative estimate of drug-likeness (QED) is 0.840. The van der Waals surface area contributed by atoms with E-state index < -0.39 is 12.0 Å². The highest BCUT2D eigenvalue weighted by Gasteiger charge is 2.17. The van der Waals surface area contributed by atoms with Crippen molar-refractivity contribution in [1.29, 1.82) is 0 Å². The zero-order valence-electron chi connectivity index (χ0n) is 9.08. The zero-order chi connectivity index (χ0) is 12.3. The zero-order valence-corrected chi connectivity index (χ0v) is 9.08. The summed E-state index contributed by atoms with van der Waals surface area (Å²) in [6.45, 7) is 0. The molecule has 0 saturated carbocycles. The first-order chi connectivity index (χ1) is 8.20. The van der Waals surface area contributed by atoms with Crippen LogP contribution in [0.15, 0.2) is 48.8 Å². The SMILES string of the molecule is N[C@H](C(=O)O)c1ccccc1-c1ccncc1. The molecular formula is C13H12N2O2. The molecule has 0 aliphatic rings. The fourth-order valence-electron chi connectivity index (χ4n) is 1.70. The van der Waals surface area contributed by atoms with Gasteiger partial charge in [0.2, 0.25) is 0 Å². The predicted octanol–water partition coefficient (Wildman–Crippen LogP) is 1.83. The third-order valence-electron chi connectivity index (χ3n) is 2.55. The number of carboxylic acid groups (broad SMARTS) is 1. The van der Waals surface area contributed by atoms with E-state index in [-0.39, 0.29) is 0 Å². The maximum atomic E-state index is 10.9. The van der Waals surface area contributed by atoms with E-state index in [1.54, 1.807) is 24.5 Å². The molecule has 2 rings (SSSR count). The second kappa shape index (κ2) is 4.76. The van der Waals surface area contributed by atoms with Crippen molar-refractivity contribution in [3.63, 3.8) is 0 Å². The summed E-state index contributed by atoms with van der Waals surface area (Å²) in [4.78, 5) is 14.9. The minimum atomic E-state index is -1.04. The molecule has 0 aliphatic carbocycles. The van der Waals surface area contributed by atoms with E-state index in [1.807, 2.05) is 24.3 Å². The van der Waals surface area contributed by atoms with Crippen molar-refractivity contribution in [2.45, 2.75) is 6.04 Å². The van der Waals surface area contributed by atoms with E-state index in [2.05, 4.69) is 4.98 Å². The highest BCUT2D eigenvalue weighted by molar-refractivity contribution is 5.80. The summed E-state index contributed by atoms with van der Waals surface area (Å²) in [6.07, 6.45) is 3.33. The fraction of sp³-hybridized carbons (Fsp3) is 0.0769. The normalized spacial score (nSPS) is 12.1. The molecule has 3 N–H and O–H groups in total. The van der Waals surface area contributed by atoms with Gasteiger partial charge in [-0.25, -0.2) is 0 Å². The van der Waals surface area contributed by atoms with Crippen LogP contribution in [0.4, 0.5) is 0 Å². The molecule has 0 radical (unpaired) electrons. The topological polar surface area (TPSA) is 76.2 Å². The lowest BCUT2D eigenvalue weighted by atomic mass is 9.96. The Hall–Kier alpha value is -2.20. The van der Waals surface area contributed by atoms with Gasteiger partial charge in [0.1, 0.15) is 6.04 Å². The Morgan fingerprint density at radius 2 is 1.82 bits per heavy atom. The van der Waals surface area contributed by atoms with Crippen molar-refractivity contribution in [1.82, 2.24) is 4.98 Å². The van der Waals surface area contributed by atoms with Gasteiger partial charge in [-0.1, -0.05) is 24.3 Å². The summed E-state index contributed by atoms with van der Waals surface area (Å²) >= 11 is 0. The van der Waals surface area contributed by atoms with Crippen molar-refractivity contribution >= 4 is 5.97 Å². The maximum Gasteiger partial charge on any atom is 0.325 e. The van der Waals surface area contributed by atoms with Crippen LogP contribution in [0, 0.1) is 0 Å². The van der Waals surface area contributed by atoms with Gasteiger partial charge in [-0.3, -0.25) is 9.78 Å². The standard InChI is InChI=1S/C13H12N2O2/c14-12(13(16)17)11-4-2-1-3-10(11)9-5-7-15-8-6-9/h1-8,12H,14H2,(H,16,17)/t12-/m0/s1. The highest BCUT2D eigenvalue weighted by Crippen LogP contribution is 2.26. The van der Waals surface area contributed by atoms with Gasteiger partial charge in [-0.15, -0.1) is 0 Å². The van der Waals surface area contributed by atoms with E-state index >= 15 is 0 Å². The highest BCUT2D eigenvalue weighted by atomic mass is 16.4. The molecule has 86 valence electrons. The first-order valence-corrected chi connectivity index (χ1v) is 5.18. The van der Waals surface area contributed by atoms with Gasteiger partial charge < -0.3 is 10.8 Å². The van der Waals surface area contributed by atoms with E-state index in [0.717, 1.165) is 11.1 Å². The lowest BCUT2D eigenvalue weighted by Crippen LogP contribution is -2.21. The molecule has 1 aromatic carbocycles. The van der Waals surface area contributed by atoms with Gasteiger partial charge in [0.15, 0.2) is 0 Å². The van der Waals surface area contributed by atoms with Crippen LogP contribution in [0.5, 0.6) is 0 Å². The molecule has 0 fully saturated rings. The molecule has 1 atom stereocenters. The molecule has 0 amide bonds. The van der Waals surface area contributed by atoms with Crippen molar-refractivity contribution in [3.8, 4) is 11.1 Å². The number of carboxylic acids is 1. The number of hydrogen-bond acceptors (Lipinski definition) is 3. The summed E-state index contributed by atoms with van der Waals surface area (Å²) in [5.41, 5.74) is 8.00. The average molecular weight is 228 g/mol. The van der Waals surface area contributed by atoms with E-state index in [4.69, 9.17) is 10.8 Å². The molecule has 1 heterocycles. The number of pyridine rings is 1. The minimum Gasteiger partial charge on any atom is -0.480 e. The van der Waals surface area contributed by atoms with Crippen LogP contribution < -0.4 is 5.73 Å². The summed E-state index contributed by atoms with van der Waals surface area (Å²) in [6, 6.07) is 9.86. The first kappa shape index (κ1) is 11.3. The van der Waals surface area contributed by atoms with E-state index in [0.29, 0.717) is 5.56 Å². The van der Waals surface area contributed by atoms with E-state index in [1.165, 1.54) is 0 Å². The molecule has 4 heteroatoms. The molecule has 2 aromatic rings. The van der Waals surface area contributed by atoms with Crippen LogP contribution in [-0.4, -0.2) is 16.1 Å². The van der Waals surface area contributed by atoms with Crippen molar-refractivity contribution in [3.05, 3.63) is 54.4 Å².